The Hall–Kier alpha value is -3.35. The number of nitrogens with one attached hydrogen (secondary N) is 2. The second-order valence-corrected chi connectivity index (χ2v) is 9.70. The normalized spacial score (nSPS) is 19.5. The maximum absolute atomic E-state index is 12.5. The molecular formula is C28H34N2O5. The van der Waals surface area contributed by atoms with Crippen LogP contribution in [0.1, 0.15) is 62.5 Å². The molecule has 2 amide bonds. The van der Waals surface area contributed by atoms with Gasteiger partial charge in [-0.15, -0.1) is 0 Å². The summed E-state index contributed by atoms with van der Waals surface area (Å²) >= 11 is 0. The van der Waals surface area contributed by atoms with Crippen molar-refractivity contribution in [2.24, 2.45) is 11.8 Å². The quantitative estimate of drug-likeness (QED) is 0.429. The minimum Gasteiger partial charge on any atom is -0.481 e. The molecule has 186 valence electrons. The number of ether oxygens (including phenoxy) is 1. The number of fused-ring (bicyclic) bond motifs is 3. The first-order valence-corrected chi connectivity index (χ1v) is 12.5. The molecule has 2 aliphatic carbocycles. The molecule has 7 nitrogen and oxygen atoms in total. The highest BCUT2D eigenvalue weighted by atomic mass is 16.5. The zero-order valence-electron chi connectivity index (χ0n) is 20.2. The molecule has 0 spiro atoms. The summed E-state index contributed by atoms with van der Waals surface area (Å²) in [6, 6.07) is 16.4. The van der Waals surface area contributed by atoms with Gasteiger partial charge in [0.1, 0.15) is 6.61 Å². The van der Waals surface area contributed by atoms with Crippen LogP contribution in [0.15, 0.2) is 48.5 Å². The van der Waals surface area contributed by atoms with Gasteiger partial charge in [0.2, 0.25) is 5.91 Å². The van der Waals surface area contributed by atoms with Crippen molar-refractivity contribution in [3.63, 3.8) is 0 Å². The molecule has 1 saturated carbocycles. The van der Waals surface area contributed by atoms with Gasteiger partial charge in [-0.05, 0) is 53.9 Å². The molecule has 1 fully saturated rings. The number of hydrogen-bond acceptors (Lipinski definition) is 4. The minimum absolute atomic E-state index is 0.0129. The number of alkyl carbamates (subject to hydrolysis) is 1. The molecule has 3 atom stereocenters. The van der Waals surface area contributed by atoms with Crippen LogP contribution in [-0.4, -0.2) is 42.3 Å². The Morgan fingerprint density at radius 1 is 1.03 bits per heavy atom. The maximum atomic E-state index is 12.5. The molecule has 7 heteroatoms. The van der Waals surface area contributed by atoms with Gasteiger partial charge in [-0.1, -0.05) is 61.9 Å². The number of rotatable bonds is 10. The third-order valence-corrected chi connectivity index (χ3v) is 7.30. The number of amides is 2. The van der Waals surface area contributed by atoms with Crippen LogP contribution < -0.4 is 10.6 Å². The molecule has 3 N–H and O–H groups in total. The van der Waals surface area contributed by atoms with E-state index < -0.39 is 12.1 Å². The van der Waals surface area contributed by atoms with Gasteiger partial charge in [-0.25, -0.2) is 4.79 Å². The zero-order chi connectivity index (χ0) is 24.8. The predicted octanol–water partition coefficient (Wildman–Crippen LogP) is 4.70. The van der Waals surface area contributed by atoms with E-state index in [4.69, 9.17) is 9.84 Å². The van der Waals surface area contributed by atoms with Crippen LogP contribution in [0.5, 0.6) is 0 Å². The smallest absolute Gasteiger partial charge is 0.407 e. The first-order valence-electron chi connectivity index (χ1n) is 12.5. The van der Waals surface area contributed by atoms with Crippen LogP contribution in [-0.2, 0) is 14.3 Å². The van der Waals surface area contributed by atoms with Crippen LogP contribution in [0, 0.1) is 11.8 Å². The third-order valence-electron chi connectivity index (χ3n) is 7.30. The number of hydrogen-bond donors (Lipinski definition) is 3. The van der Waals surface area contributed by atoms with E-state index in [2.05, 4.69) is 34.9 Å². The van der Waals surface area contributed by atoms with Gasteiger partial charge in [-0.3, -0.25) is 9.59 Å². The van der Waals surface area contributed by atoms with Crippen molar-refractivity contribution in [2.45, 2.75) is 57.4 Å². The van der Waals surface area contributed by atoms with E-state index in [1.165, 1.54) is 22.3 Å². The Labute approximate surface area is 206 Å². The SMILES string of the molecule is CC(CCCNC(=O)OCC1c2ccccc2-c2ccccc21)C(=O)NC1CCCC1CC(=O)O. The molecule has 0 heterocycles. The summed E-state index contributed by atoms with van der Waals surface area (Å²) in [6.07, 6.45) is 3.56. The average molecular weight is 479 g/mol. The summed E-state index contributed by atoms with van der Waals surface area (Å²) in [5.74, 6) is -1.03. The molecule has 2 aromatic rings. The number of aliphatic carboxylic acids is 1. The molecular weight excluding hydrogens is 444 g/mol. The summed E-state index contributed by atoms with van der Waals surface area (Å²) in [6.45, 7) is 2.57. The third kappa shape index (κ3) is 6.02. The monoisotopic (exact) mass is 478 g/mol. The van der Waals surface area contributed by atoms with Gasteiger partial charge in [0.05, 0.1) is 6.42 Å². The standard InChI is InChI=1S/C28H34N2O5/c1-18(27(33)30-25-14-6-9-19(25)16-26(31)32)8-7-15-29-28(34)35-17-24-22-12-4-2-10-20(22)21-11-3-5-13-23(21)24/h2-5,10-13,18-19,24-25H,6-9,14-17H2,1H3,(H,29,34)(H,30,33)(H,31,32). The van der Waals surface area contributed by atoms with Crippen LogP contribution in [0.4, 0.5) is 4.79 Å². The maximum Gasteiger partial charge on any atom is 0.407 e. The summed E-state index contributed by atoms with van der Waals surface area (Å²) in [4.78, 5) is 35.9. The van der Waals surface area contributed by atoms with Crippen molar-refractivity contribution < 1.29 is 24.2 Å². The van der Waals surface area contributed by atoms with Crippen molar-refractivity contribution >= 4 is 18.0 Å². The van der Waals surface area contributed by atoms with Crippen molar-refractivity contribution in [3.8, 4) is 11.1 Å². The lowest BCUT2D eigenvalue weighted by Gasteiger charge is -2.22. The lowest BCUT2D eigenvalue weighted by molar-refractivity contribution is -0.138. The molecule has 35 heavy (non-hydrogen) atoms. The van der Waals surface area contributed by atoms with E-state index in [1.807, 2.05) is 31.2 Å². The zero-order valence-corrected chi connectivity index (χ0v) is 20.2. The second kappa shape index (κ2) is 11.4. The molecule has 2 aliphatic rings. The van der Waals surface area contributed by atoms with E-state index in [0.29, 0.717) is 19.4 Å². The Morgan fingerprint density at radius 2 is 1.69 bits per heavy atom. The summed E-state index contributed by atoms with van der Waals surface area (Å²) < 4.78 is 5.55. The fourth-order valence-corrected chi connectivity index (χ4v) is 5.40. The van der Waals surface area contributed by atoms with E-state index in [1.54, 1.807) is 0 Å². The fraction of sp³-hybridized carbons (Fsp3) is 0.464. The van der Waals surface area contributed by atoms with Crippen LogP contribution >= 0.6 is 0 Å². The van der Waals surface area contributed by atoms with Gasteiger partial charge < -0.3 is 20.5 Å². The van der Waals surface area contributed by atoms with Crippen molar-refractivity contribution in [1.29, 1.82) is 0 Å². The molecule has 3 unspecified atom stereocenters. The molecule has 0 radical (unpaired) electrons. The fourth-order valence-electron chi connectivity index (χ4n) is 5.40. The summed E-state index contributed by atoms with van der Waals surface area (Å²) in [5, 5.41) is 14.9. The van der Waals surface area contributed by atoms with Gasteiger partial charge in [0.25, 0.3) is 0 Å². The van der Waals surface area contributed by atoms with E-state index >= 15 is 0 Å². The van der Waals surface area contributed by atoms with E-state index in [0.717, 1.165) is 19.3 Å². The average Bonchev–Trinajstić information content (AvgIpc) is 3.41. The molecule has 0 aliphatic heterocycles. The molecule has 0 saturated heterocycles. The van der Waals surface area contributed by atoms with Gasteiger partial charge in [-0.2, -0.15) is 0 Å². The summed E-state index contributed by atoms with van der Waals surface area (Å²) in [7, 11) is 0. The largest absolute Gasteiger partial charge is 0.481 e. The minimum atomic E-state index is -0.816. The van der Waals surface area contributed by atoms with Crippen LogP contribution in [0.3, 0.4) is 0 Å². The van der Waals surface area contributed by atoms with Crippen molar-refractivity contribution in [3.05, 3.63) is 59.7 Å². The Balaban J connectivity index is 1.17. The first-order chi connectivity index (χ1) is 16.9. The Kier molecular flexibility index (Phi) is 8.06. The van der Waals surface area contributed by atoms with Crippen molar-refractivity contribution in [1.82, 2.24) is 10.6 Å². The molecule has 4 rings (SSSR count). The van der Waals surface area contributed by atoms with Crippen LogP contribution in [0.25, 0.3) is 11.1 Å². The topological polar surface area (TPSA) is 105 Å². The lowest BCUT2D eigenvalue weighted by atomic mass is 9.98. The van der Waals surface area contributed by atoms with Crippen LogP contribution in [0.2, 0.25) is 0 Å². The Bertz CT molecular complexity index is 1020. The Morgan fingerprint density at radius 3 is 2.34 bits per heavy atom. The second-order valence-electron chi connectivity index (χ2n) is 9.70. The highest BCUT2D eigenvalue weighted by molar-refractivity contribution is 5.79. The number of benzene rings is 2. The molecule has 2 aromatic carbocycles. The number of carbonyl (C=O) groups is 3. The predicted molar refractivity (Wildman–Crippen MR) is 133 cm³/mol. The summed E-state index contributed by atoms with van der Waals surface area (Å²) in [5.41, 5.74) is 4.73. The van der Waals surface area contributed by atoms with Gasteiger partial charge in [0.15, 0.2) is 0 Å². The molecule has 0 aromatic heterocycles. The van der Waals surface area contributed by atoms with E-state index in [-0.39, 0.29) is 42.7 Å². The van der Waals surface area contributed by atoms with Gasteiger partial charge >= 0.3 is 12.1 Å². The van der Waals surface area contributed by atoms with Gasteiger partial charge in [0, 0.05) is 24.4 Å². The first kappa shape index (κ1) is 24.8. The van der Waals surface area contributed by atoms with E-state index in [9.17, 15) is 14.4 Å². The molecule has 0 bridgehead atoms. The van der Waals surface area contributed by atoms with Crippen molar-refractivity contribution in [2.75, 3.05) is 13.2 Å². The highest BCUT2D eigenvalue weighted by Gasteiger charge is 2.31. The number of carbonyl (C=O) groups excluding carboxylic acids is 2. The number of carboxylic acid groups (broad SMARTS) is 1. The number of carboxylic acids is 1. The highest BCUT2D eigenvalue weighted by Crippen LogP contribution is 2.44. The lowest BCUT2D eigenvalue weighted by Crippen LogP contribution is -2.41.